The summed E-state index contributed by atoms with van der Waals surface area (Å²) in [5, 5.41) is 3.76. The van der Waals surface area contributed by atoms with Gasteiger partial charge in [0.2, 0.25) is 0 Å². The van der Waals surface area contributed by atoms with E-state index < -0.39 is 0 Å². The molecule has 0 bridgehead atoms. The molecule has 2 fully saturated rings. The van der Waals surface area contributed by atoms with Crippen LogP contribution in [0.25, 0.3) is 0 Å². The predicted molar refractivity (Wildman–Crippen MR) is 77.8 cm³/mol. The highest BCUT2D eigenvalue weighted by Crippen LogP contribution is 2.36. The van der Waals surface area contributed by atoms with Gasteiger partial charge in [-0.2, -0.15) is 11.8 Å². The van der Waals surface area contributed by atoms with Crippen molar-refractivity contribution >= 4 is 11.8 Å². The van der Waals surface area contributed by atoms with Gasteiger partial charge in [-0.1, -0.05) is 13.3 Å². The fourth-order valence-electron chi connectivity index (χ4n) is 3.06. The molecule has 1 N–H and O–H groups in total. The minimum absolute atomic E-state index is 0.754. The lowest BCUT2D eigenvalue weighted by Crippen LogP contribution is -2.57. The maximum atomic E-state index is 3.76. The summed E-state index contributed by atoms with van der Waals surface area (Å²) >= 11 is 1.98. The summed E-state index contributed by atoms with van der Waals surface area (Å²) in [6.07, 6.45) is 9.19. The van der Waals surface area contributed by atoms with E-state index in [2.05, 4.69) is 23.4 Å². The number of nitrogens with one attached hydrogen (secondary N) is 1. The zero-order valence-corrected chi connectivity index (χ0v) is 12.3. The average Bonchev–Trinajstić information content (AvgIpc) is 3.14. The first-order chi connectivity index (χ1) is 8.35. The first kappa shape index (κ1) is 13.7. The van der Waals surface area contributed by atoms with Crippen molar-refractivity contribution in [3.05, 3.63) is 0 Å². The van der Waals surface area contributed by atoms with Crippen molar-refractivity contribution in [3.63, 3.8) is 0 Å². The number of thioether (sulfide) groups is 1. The van der Waals surface area contributed by atoms with Crippen LogP contribution in [0.4, 0.5) is 0 Å². The van der Waals surface area contributed by atoms with Crippen molar-refractivity contribution in [3.8, 4) is 0 Å². The van der Waals surface area contributed by atoms with Gasteiger partial charge in [0.15, 0.2) is 0 Å². The van der Waals surface area contributed by atoms with Crippen molar-refractivity contribution in [2.75, 3.05) is 31.6 Å². The Kier molecular flexibility index (Phi) is 5.64. The lowest BCUT2D eigenvalue weighted by atomic mass is 10.0. The third-order valence-electron chi connectivity index (χ3n) is 4.14. The van der Waals surface area contributed by atoms with Gasteiger partial charge in [0.25, 0.3) is 0 Å². The molecule has 3 heteroatoms. The Labute approximate surface area is 111 Å². The molecule has 1 heterocycles. The van der Waals surface area contributed by atoms with E-state index in [1.807, 2.05) is 11.8 Å². The largest absolute Gasteiger partial charge is 0.311 e. The third kappa shape index (κ3) is 4.15. The Bertz CT molecular complexity index is 218. The fourth-order valence-corrected chi connectivity index (χ4v) is 3.47. The number of hydrogen-bond donors (Lipinski definition) is 1. The van der Waals surface area contributed by atoms with E-state index >= 15 is 0 Å². The molecule has 0 aromatic heterocycles. The zero-order valence-electron chi connectivity index (χ0n) is 11.5. The summed E-state index contributed by atoms with van der Waals surface area (Å²) < 4.78 is 0. The fraction of sp³-hybridized carbons (Fsp3) is 1.00. The highest BCUT2D eigenvalue weighted by atomic mass is 32.2. The first-order valence-corrected chi connectivity index (χ1v) is 8.71. The van der Waals surface area contributed by atoms with Crippen molar-refractivity contribution in [2.45, 2.75) is 51.1 Å². The molecule has 17 heavy (non-hydrogen) atoms. The Hall–Kier alpha value is 0.270. The van der Waals surface area contributed by atoms with E-state index in [1.165, 1.54) is 57.5 Å². The lowest BCUT2D eigenvalue weighted by molar-refractivity contribution is 0.112. The van der Waals surface area contributed by atoms with Crippen LogP contribution in [0.2, 0.25) is 0 Å². The molecule has 2 atom stereocenters. The molecule has 1 aliphatic carbocycles. The molecule has 2 unspecified atom stereocenters. The standard InChI is InChI=1S/C14H28N2S/c1-3-5-13-11-16(8-4-9-17-2)14(10-15-13)12-6-7-12/h12-15H,3-11H2,1-2H3. The highest BCUT2D eigenvalue weighted by Gasteiger charge is 2.38. The molecule has 0 spiro atoms. The van der Waals surface area contributed by atoms with Crippen LogP contribution in [-0.4, -0.2) is 48.6 Å². The molecular weight excluding hydrogens is 228 g/mol. The highest BCUT2D eigenvalue weighted by molar-refractivity contribution is 7.98. The number of rotatable bonds is 7. The summed E-state index contributed by atoms with van der Waals surface area (Å²) in [5.74, 6) is 2.33. The summed E-state index contributed by atoms with van der Waals surface area (Å²) in [6.45, 7) is 6.16. The van der Waals surface area contributed by atoms with Gasteiger partial charge in [0.05, 0.1) is 0 Å². The molecule has 0 amide bonds. The molecule has 0 aromatic rings. The summed E-state index contributed by atoms with van der Waals surface area (Å²) in [5.41, 5.74) is 0. The first-order valence-electron chi connectivity index (χ1n) is 7.31. The minimum Gasteiger partial charge on any atom is -0.311 e. The third-order valence-corrected chi connectivity index (χ3v) is 4.83. The second-order valence-corrected chi connectivity index (χ2v) is 6.63. The molecular formula is C14H28N2S. The monoisotopic (exact) mass is 256 g/mol. The van der Waals surface area contributed by atoms with E-state index in [-0.39, 0.29) is 0 Å². The molecule has 1 saturated heterocycles. The Morgan fingerprint density at radius 1 is 1.35 bits per heavy atom. The van der Waals surface area contributed by atoms with Crippen LogP contribution < -0.4 is 5.32 Å². The van der Waals surface area contributed by atoms with E-state index in [9.17, 15) is 0 Å². The van der Waals surface area contributed by atoms with Crippen LogP contribution in [0.15, 0.2) is 0 Å². The summed E-state index contributed by atoms with van der Waals surface area (Å²) in [6, 6.07) is 1.61. The maximum Gasteiger partial charge on any atom is 0.0249 e. The zero-order chi connectivity index (χ0) is 12.1. The second-order valence-electron chi connectivity index (χ2n) is 5.64. The van der Waals surface area contributed by atoms with E-state index in [1.54, 1.807) is 0 Å². The Morgan fingerprint density at radius 2 is 2.18 bits per heavy atom. The normalized spacial score (nSPS) is 30.7. The van der Waals surface area contributed by atoms with Gasteiger partial charge in [-0.15, -0.1) is 0 Å². The van der Waals surface area contributed by atoms with Gasteiger partial charge in [0, 0.05) is 25.2 Å². The molecule has 2 rings (SSSR count). The van der Waals surface area contributed by atoms with Gasteiger partial charge < -0.3 is 5.32 Å². The topological polar surface area (TPSA) is 15.3 Å². The van der Waals surface area contributed by atoms with Crippen LogP contribution in [0.5, 0.6) is 0 Å². The molecule has 1 saturated carbocycles. The van der Waals surface area contributed by atoms with E-state index in [4.69, 9.17) is 0 Å². The lowest BCUT2D eigenvalue weighted by Gasteiger charge is -2.41. The average molecular weight is 256 g/mol. The molecule has 0 radical (unpaired) electrons. The van der Waals surface area contributed by atoms with Crippen LogP contribution in [0.1, 0.15) is 39.0 Å². The van der Waals surface area contributed by atoms with Crippen molar-refractivity contribution in [1.29, 1.82) is 0 Å². The van der Waals surface area contributed by atoms with Gasteiger partial charge in [-0.3, -0.25) is 4.90 Å². The maximum absolute atomic E-state index is 3.76. The molecule has 100 valence electrons. The quantitative estimate of drug-likeness (QED) is 0.705. The number of nitrogens with zero attached hydrogens (tertiary/aromatic N) is 1. The second kappa shape index (κ2) is 7.01. The van der Waals surface area contributed by atoms with Crippen LogP contribution in [-0.2, 0) is 0 Å². The van der Waals surface area contributed by atoms with Crippen LogP contribution in [0.3, 0.4) is 0 Å². The smallest absolute Gasteiger partial charge is 0.0249 e. The summed E-state index contributed by atoms with van der Waals surface area (Å²) in [4.78, 5) is 2.80. The molecule has 0 aromatic carbocycles. The molecule has 1 aliphatic heterocycles. The van der Waals surface area contributed by atoms with Gasteiger partial charge in [-0.05, 0) is 50.2 Å². The molecule has 2 nitrogen and oxygen atoms in total. The van der Waals surface area contributed by atoms with Crippen LogP contribution >= 0.6 is 11.8 Å². The SMILES string of the molecule is CCCC1CN(CCCSC)C(C2CC2)CN1. The van der Waals surface area contributed by atoms with Crippen molar-refractivity contribution in [1.82, 2.24) is 10.2 Å². The Morgan fingerprint density at radius 3 is 2.82 bits per heavy atom. The van der Waals surface area contributed by atoms with Crippen LogP contribution in [0, 0.1) is 5.92 Å². The number of piperazine rings is 1. The van der Waals surface area contributed by atoms with Gasteiger partial charge in [-0.25, -0.2) is 0 Å². The van der Waals surface area contributed by atoms with Gasteiger partial charge in [0.1, 0.15) is 0 Å². The van der Waals surface area contributed by atoms with E-state index in [0.29, 0.717) is 0 Å². The van der Waals surface area contributed by atoms with Crippen molar-refractivity contribution in [2.24, 2.45) is 5.92 Å². The number of hydrogen-bond acceptors (Lipinski definition) is 3. The van der Waals surface area contributed by atoms with Gasteiger partial charge >= 0.3 is 0 Å². The summed E-state index contributed by atoms with van der Waals surface area (Å²) in [7, 11) is 0. The molecule has 2 aliphatic rings. The minimum atomic E-state index is 0.754. The predicted octanol–water partition coefficient (Wildman–Crippen LogP) is 2.59. The van der Waals surface area contributed by atoms with E-state index in [0.717, 1.165) is 18.0 Å². The Balaban J connectivity index is 1.80. The van der Waals surface area contributed by atoms with Crippen molar-refractivity contribution < 1.29 is 0 Å².